The van der Waals surface area contributed by atoms with Crippen molar-refractivity contribution in [3.63, 3.8) is 0 Å². The Bertz CT molecular complexity index is 284. The van der Waals surface area contributed by atoms with Gasteiger partial charge >= 0.3 is 0 Å². The lowest BCUT2D eigenvalue weighted by molar-refractivity contribution is 0.313. The van der Waals surface area contributed by atoms with Crippen molar-refractivity contribution in [2.45, 2.75) is 6.92 Å². The third-order valence-corrected chi connectivity index (χ3v) is 2.90. The smallest absolute Gasteiger partial charge is 0.0367 e. The maximum Gasteiger partial charge on any atom is 0.0367 e. The maximum atomic E-state index is 2.46. The van der Waals surface area contributed by atoms with Crippen molar-refractivity contribution < 1.29 is 0 Å². The lowest BCUT2D eigenvalue weighted by Crippen LogP contribution is -2.44. The fourth-order valence-electron chi connectivity index (χ4n) is 1.82. The first kappa shape index (κ1) is 9.53. The van der Waals surface area contributed by atoms with Gasteiger partial charge in [-0.2, -0.15) is 0 Å². The molecule has 1 fully saturated rings. The molecule has 1 saturated heterocycles. The van der Waals surface area contributed by atoms with Gasteiger partial charge < -0.3 is 9.80 Å². The van der Waals surface area contributed by atoms with Gasteiger partial charge in [0.15, 0.2) is 0 Å². The summed E-state index contributed by atoms with van der Waals surface area (Å²) in [5.41, 5.74) is 2.70. The first-order chi connectivity index (χ1) is 6.75. The summed E-state index contributed by atoms with van der Waals surface area (Å²) < 4.78 is 0. The summed E-state index contributed by atoms with van der Waals surface area (Å²) in [7, 11) is 2.19. The van der Waals surface area contributed by atoms with E-state index in [9.17, 15) is 0 Å². The third-order valence-electron chi connectivity index (χ3n) is 2.90. The molecule has 0 N–H and O–H groups in total. The van der Waals surface area contributed by atoms with Crippen LogP contribution in [0.1, 0.15) is 5.56 Å². The molecule has 1 aromatic rings. The summed E-state index contributed by atoms with van der Waals surface area (Å²) >= 11 is 0. The normalized spacial score (nSPS) is 18.6. The Morgan fingerprint density at radius 2 is 1.50 bits per heavy atom. The largest absolute Gasteiger partial charge is 0.369 e. The van der Waals surface area contributed by atoms with Gasteiger partial charge in [-0.05, 0) is 26.1 Å². The number of anilines is 1. The van der Waals surface area contributed by atoms with Crippen molar-refractivity contribution in [2.24, 2.45) is 0 Å². The van der Waals surface area contributed by atoms with Gasteiger partial charge in [-0.3, -0.25) is 0 Å². The second-order valence-corrected chi connectivity index (χ2v) is 4.13. The molecule has 1 aromatic carbocycles. The molecule has 0 spiro atoms. The molecule has 0 atom stereocenters. The molecule has 0 bridgehead atoms. The summed E-state index contributed by atoms with van der Waals surface area (Å²) in [4.78, 5) is 4.84. The van der Waals surface area contributed by atoms with Crippen LogP contribution >= 0.6 is 0 Å². The minimum absolute atomic E-state index is 1.15. The lowest BCUT2D eigenvalue weighted by atomic mass is 10.2. The zero-order chi connectivity index (χ0) is 9.97. The van der Waals surface area contributed by atoms with Crippen LogP contribution in [0.15, 0.2) is 24.3 Å². The molecule has 1 aliphatic rings. The molecule has 0 unspecified atom stereocenters. The maximum absolute atomic E-state index is 2.46. The van der Waals surface area contributed by atoms with Crippen molar-refractivity contribution in [2.75, 3.05) is 38.1 Å². The monoisotopic (exact) mass is 190 g/mol. The van der Waals surface area contributed by atoms with Crippen LogP contribution < -0.4 is 4.90 Å². The zero-order valence-electron chi connectivity index (χ0n) is 9.03. The van der Waals surface area contributed by atoms with Crippen LogP contribution in [-0.2, 0) is 0 Å². The van der Waals surface area contributed by atoms with Gasteiger partial charge in [-0.1, -0.05) is 17.7 Å². The SMILES string of the molecule is Cc1ccc(N2CCN(C)CC2)cc1. The average Bonchev–Trinajstić information content (AvgIpc) is 2.21. The Hall–Kier alpha value is -1.02. The standard InChI is InChI=1S/C12H18N2/c1-11-3-5-12(6-4-11)14-9-7-13(2)8-10-14/h3-6H,7-10H2,1-2H3. The number of likely N-dealkylation sites (N-methyl/N-ethyl adjacent to an activating group) is 1. The van der Waals surface area contributed by atoms with Crippen molar-refractivity contribution in [3.05, 3.63) is 29.8 Å². The van der Waals surface area contributed by atoms with Gasteiger partial charge in [-0.15, -0.1) is 0 Å². The molecule has 14 heavy (non-hydrogen) atoms. The minimum atomic E-state index is 1.15. The van der Waals surface area contributed by atoms with E-state index >= 15 is 0 Å². The number of rotatable bonds is 1. The number of hydrogen-bond acceptors (Lipinski definition) is 2. The van der Waals surface area contributed by atoms with Gasteiger partial charge in [-0.25, -0.2) is 0 Å². The van der Waals surface area contributed by atoms with E-state index in [1.807, 2.05) is 0 Å². The number of hydrogen-bond donors (Lipinski definition) is 0. The van der Waals surface area contributed by atoms with E-state index in [0.29, 0.717) is 0 Å². The van der Waals surface area contributed by atoms with E-state index in [2.05, 4.69) is 48.0 Å². The van der Waals surface area contributed by atoms with Crippen LogP contribution in [0, 0.1) is 6.92 Å². The Kier molecular flexibility index (Phi) is 2.73. The van der Waals surface area contributed by atoms with E-state index in [1.54, 1.807) is 0 Å². The molecule has 1 heterocycles. The first-order valence-electron chi connectivity index (χ1n) is 5.26. The van der Waals surface area contributed by atoms with Gasteiger partial charge in [0.2, 0.25) is 0 Å². The molecular formula is C12H18N2. The second kappa shape index (κ2) is 4.01. The van der Waals surface area contributed by atoms with Gasteiger partial charge in [0.05, 0.1) is 0 Å². The Balaban J connectivity index is 2.05. The molecule has 2 nitrogen and oxygen atoms in total. The van der Waals surface area contributed by atoms with Crippen molar-refractivity contribution in [3.8, 4) is 0 Å². The molecule has 2 heteroatoms. The van der Waals surface area contributed by atoms with Crippen molar-refractivity contribution in [1.29, 1.82) is 0 Å². The van der Waals surface area contributed by atoms with Crippen LogP contribution in [0.5, 0.6) is 0 Å². The van der Waals surface area contributed by atoms with Crippen LogP contribution in [0.3, 0.4) is 0 Å². The second-order valence-electron chi connectivity index (χ2n) is 4.13. The Morgan fingerprint density at radius 3 is 2.07 bits per heavy atom. The molecular weight excluding hydrogens is 172 g/mol. The fraction of sp³-hybridized carbons (Fsp3) is 0.500. The van der Waals surface area contributed by atoms with E-state index in [4.69, 9.17) is 0 Å². The number of piperazine rings is 1. The first-order valence-corrected chi connectivity index (χ1v) is 5.26. The highest BCUT2D eigenvalue weighted by molar-refractivity contribution is 5.47. The molecule has 76 valence electrons. The van der Waals surface area contributed by atoms with Gasteiger partial charge in [0.1, 0.15) is 0 Å². The highest BCUT2D eigenvalue weighted by Gasteiger charge is 2.13. The van der Waals surface area contributed by atoms with Crippen molar-refractivity contribution in [1.82, 2.24) is 4.90 Å². The van der Waals surface area contributed by atoms with E-state index in [-0.39, 0.29) is 0 Å². The van der Waals surface area contributed by atoms with Crippen LogP contribution in [0.2, 0.25) is 0 Å². The van der Waals surface area contributed by atoms with Crippen LogP contribution in [-0.4, -0.2) is 38.1 Å². The predicted molar refractivity (Wildman–Crippen MR) is 60.9 cm³/mol. The van der Waals surface area contributed by atoms with E-state index < -0.39 is 0 Å². The van der Waals surface area contributed by atoms with E-state index in [0.717, 1.165) is 13.1 Å². The predicted octanol–water partition coefficient (Wildman–Crippen LogP) is 1.75. The Labute approximate surface area is 86.1 Å². The number of aryl methyl sites for hydroxylation is 1. The Morgan fingerprint density at radius 1 is 0.929 bits per heavy atom. The van der Waals surface area contributed by atoms with Crippen molar-refractivity contribution >= 4 is 5.69 Å². The number of nitrogens with zero attached hydrogens (tertiary/aromatic N) is 2. The summed E-state index contributed by atoms with van der Waals surface area (Å²) in [6.45, 7) is 6.79. The van der Waals surface area contributed by atoms with Crippen LogP contribution in [0.25, 0.3) is 0 Å². The molecule has 0 aromatic heterocycles. The van der Waals surface area contributed by atoms with Gasteiger partial charge in [0.25, 0.3) is 0 Å². The highest BCUT2D eigenvalue weighted by atomic mass is 15.2. The zero-order valence-corrected chi connectivity index (χ0v) is 9.03. The molecule has 0 aliphatic carbocycles. The minimum Gasteiger partial charge on any atom is -0.369 e. The topological polar surface area (TPSA) is 6.48 Å². The molecule has 2 rings (SSSR count). The molecule has 0 saturated carbocycles. The lowest BCUT2D eigenvalue weighted by Gasteiger charge is -2.34. The summed E-state index contributed by atoms with van der Waals surface area (Å²) in [6.07, 6.45) is 0. The fourth-order valence-corrected chi connectivity index (χ4v) is 1.82. The summed E-state index contributed by atoms with van der Waals surface area (Å²) in [6, 6.07) is 8.82. The summed E-state index contributed by atoms with van der Waals surface area (Å²) in [5.74, 6) is 0. The molecule has 0 amide bonds. The third kappa shape index (κ3) is 2.07. The van der Waals surface area contributed by atoms with Crippen LogP contribution in [0.4, 0.5) is 5.69 Å². The summed E-state index contributed by atoms with van der Waals surface area (Å²) in [5, 5.41) is 0. The molecule has 0 radical (unpaired) electrons. The highest BCUT2D eigenvalue weighted by Crippen LogP contribution is 2.16. The quantitative estimate of drug-likeness (QED) is 0.665. The molecule has 1 aliphatic heterocycles. The van der Waals surface area contributed by atoms with E-state index in [1.165, 1.54) is 24.3 Å². The van der Waals surface area contributed by atoms with Gasteiger partial charge in [0, 0.05) is 31.9 Å². The number of benzene rings is 1. The average molecular weight is 190 g/mol.